The van der Waals surface area contributed by atoms with Crippen molar-refractivity contribution in [1.29, 1.82) is 5.26 Å². The van der Waals surface area contributed by atoms with Crippen LogP contribution in [0.25, 0.3) is 0 Å². The van der Waals surface area contributed by atoms with E-state index in [0.29, 0.717) is 6.54 Å². The maximum absolute atomic E-state index is 12.9. The van der Waals surface area contributed by atoms with E-state index in [0.717, 1.165) is 16.8 Å². The first kappa shape index (κ1) is 13.4. The lowest BCUT2D eigenvalue weighted by Gasteiger charge is -2.22. The Balaban J connectivity index is 2.03. The molecule has 3 rings (SSSR count). The SMILES string of the molecule is CC1(CC#N)C(=O)N(Cc2ccccc2)c2ccccc21. The summed E-state index contributed by atoms with van der Waals surface area (Å²) in [6, 6.07) is 19.8. The number of carbonyl (C=O) groups is 1. The quantitative estimate of drug-likeness (QED) is 0.862. The first-order chi connectivity index (χ1) is 10.2. The van der Waals surface area contributed by atoms with Gasteiger partial charge in [0.05, 0.1) is 24.4 Å². The van der Waals surface area contributed by atoms with E-state index >= 15 is 0 Å². The highest BCUT2D eigenvalue weighted by molar-refractivity contribution is 6.07. The summed E-state index contributed by atoms with van der Waals surface area (Å²) in [7, 11) is 0. The van der Waals surface area contributed by atoms with Crippen molar-refractivity contribution in [2.24, 2.45) is 0 Å². The molecule has 0 bridgehead atoms. The molecule has 3 heteroatoms. The van der Waals surface area contributed by atoms with Crippen LogP contribution in [-0.4, -0.2) is 5.91 Å². The molecule has 1 aliphatic rings. The van der Waals surface area contributed by atoms with Gasteiger partial charge in [-0.3, -0.25) is 4.79 Å². The monoisotopic (exact) mass is 276 g/mol. The third-order valence-corrected chi connectivity index (χ3v) is 4.12. The molecule has 1 heterocycles. The van der Waals surface area contributed by atoms with Crippen LogP contribution >= 0.6 is 0 Å². The molecule has 3 nitrogen and oxygen atoms in total. The molecule has 1 aliphatic heterocycles. The number of hydrogen-bond donors (Lipinski definition) is 0. The maximum Gasteiger partial charge on any atom is 0.238 e. The van der Waals surface area contributed by atoms with Gasteiger partial charge in [-0.2, -0.15) is 5.26 Å². The lowest BCUT2D eigenvalue weighted by atomic mass is 9.81. The molecule has 2 aromatic carbocycles. The molecule has 2 aromatic rings. The zero-order valence-corrected chi connectivity index (χ0v) is 11.9. The highest BCUT2D eigenvalue weighted by Crippen LogP contribution is 2.44. The Morgan fingerprint density at radius 1 is 1.10 bits per heavy atom. The highest BCUT2D eigenvalue weighted by atomic mass is 16.2. The molecule has 21 heavy (non-hydrogen) atoms. The lowest BCUT2D eigenvalue weighted by molar-refractivity contribution is -0.122. The van der Waals surface area contributed by atoms with Crippen LogP contribution in [0.3, 0.4) is 0 Å². The average Bonchev–Trinajstić information content (AvgIpc) is 2.72. The Hall–Kier alpha value is -2.60. The van der Waals surface area contributed by atoms with E-state index in [2.05, 4.69) is 6.07 Å². The first-order valence-electron chi connectivity index (χ1n) is 6.99. The number of benzene rings is 2. The molecule has 0 saturated carbocycles. The van der Waals surface area contributed by atoms with Crippen LogP contribution in [0.4, 0.5) is 5.69 Å². The summed E-state index contributed by atoms with van der Waals surface area (Å²) in [6.07, 6.45) is 0.203. The van der Waals surface area contributed by atoms with Crippen molar-refractivity contribution in [3.63, 3.8) is 0 Å². The van der Waals surface area contributed by atoms with Gasteiger partial charge in [-0.1, -0.05) is 48.5 Å². The number of anilines is 1. The fourth-order valence-electron chi connectivity index (χ4n) is 2.95. The molecule has 104 valence electrons. The second-order valence-electron chi connectivity index (χ2n) is 5.56. The lowest BCUT2D eigenvalue weighted by Crippen LogP contribution is -2.37. The minimum atomic E-state index is -0.736. The summed E-state index contributed by atoms with van der Waals surface area (Å²) in [5.41, 5.74) is 2.22. The van der Waals surface area contributed by atoms with E-state index in [1.165, 1.54) is 0 Å². The van der Waals surface area contributed by atoms with Crippen LogP contribution in [-0.2, 0) is 16.8 Å². The van der Waals surface area contributed by atoms with Crippen molar-refractivity contribution in [2.45, 2.75) is 25.3 Å². The molecular formula is C18H16N2O. The summed E-state index contributed by atoms with van der Waals surface area (Å²) < 4.78 is 0. The third kappa shape index (κ3) is 2.09. The molecule has 0 N–H and O–H groups in total. The number of nitrogens with zero attached hydrogens (tertiary/aromatic N) is 2. The van der Waals surface area contributed by atoms with E-state index in [9.17, 15) is 4.79 Å². The van der Waals surface area contributed by atoms with Crippen molar-refractivity contribution >= 4 is 11.6 Å². The molecule has 0 radical (unpaired) electrons. The number of amides is 1. The van der Waals surface area contributed by atoms with Gasteiger partial charge < -0.3 is 4.90 Å². The minimum absolute atomic E-state index is 0.00843. The van der Waals surface area contributed by atoms with E-state index in [-0.39, 0.29) is 12.3 Å². The van der Waals surface area contributed by atoms with Gasteiger partial charge in [0.15, 0.2) is 0 Å². The van der Waals surface area contributed by atoms with E-state index in [4.69, 9.17) is 5.26 Å². The number of carbonyl (C=O) groups excluding carboxylic acids is 1. The van der Waals surface area contributed by atoms with Crippen LogP contribution in [0, 0.1) is 11.3 Å². The second-order valence-corrected chi connectivity index (χ2v) is 5.56. The summed E-state index contributed by atoms with van der Waals surface area (Å²) in [6.45, 7) is 2.40. The molecule has 0 saturated heterocycles. The van der Waals surface area contributed by atoms with Crippen molar-refractivity contribution in [1.82, 2.24) is 0 Å². The molecule has 0 aromatic heterocycles. The standard InChI is InChI=1S/C18H16N2O/c1-18(11-12-19)15-9-5-6-10-16(15)20(17(18)21)13-14-7-3-2-4-8-14/h2-10H,11,13H2,1H3. The smallest absolute Gasteiger partial charge is 0.238 e. The van der Waals surface area contributed by atoms with Gasteiger partial charge in [-0.25, -0.2) is 0 Å². The molecule has 1 atom stereocenters. The fraction of sp³-hybridized carbons (Fsp3) is 0.222. The Morgan fingerprint density at radius 3 is 2.48 bits per heavy atom. The number of nitriles is 1. The van der Waals surface area contributed by atoms with Crippen LogP contribution < -0.4 is 4.90 Å². The molecular weight excluding hydrogens is 260 g/mol. The normalized spacial score (nSPS) is 20.2. The van der Waals surface area contributed by atoms with Gasteiger partial charge in [0.1, 0.15) is 0 Å². The van der Waals surface area contributed by atoms with Crippen molar-refractivity contribution in [3.05, 3.63) is 65.7 Å². The van der Waals surface area contributed by atoms with E-state index < -0.39 is 5.41 Å². The van der Waals surface area contributed by atoms with Gasteiger partial charge in [-0.05, 0) is 24.1 Å². The Labute approximate surface area is 124 Å². The van der Waals surface area contributed by atoms with Crippen molar-refractivity contribution < 1.29 is 4.79 Å². The number of para-hydroxylation sites is 1. The Morgan fingerprint density at radius 2 is 1.76 bits per heavy atom. The molecule has 1 unspecified atom stereocenters. The maximum atomic E-state index is 12.9. The van der Waals surface area contributed by atoms with Gasteiger partial charge in [0, 0.05) is 5.69 Å². The largest absolute Gasteiger partial charge is 0.307 e. The number of hydrogen-bond acceptors (Lipinski definition) is 2. The summed E-state index contributed by atoms with van der Waals surface area (Å²) in [4.78, 5) is 14.6. The summed E-state index contributed by atoms with van der Waals surface area (Å²) in [5, 5.41) is 9.09. The second kappa shape index (κ2) is 5.06. The summed E-state index contributed by atoms with van der Waals surface area (Å²) in [5.74, 6) is 0.00843. The number of fused-ring (bicyclic) bond motifs is 1. The molecule has 0 fully saturated rings. The van der Waals surface area contributed by atoms with Gasteiger partial charge in [-0.15, -0.1) is 0 Å². The van der Waals surface area contributed by atoms with Gasteiger partial charge in [0.25, 0.3) is 0 Å². The molecule has 0 spiro atoms. The van der Waals surface area contributed by atoms with Crippen LogP contribution in [0.2, 0.25) is 0 Å². The highest BCUT2D eigenvalue weighted by Gasteiger charge is 2.46. The molecule has 0 aliphatic carbocycles. The van der Waals surface area contributed by atoms with Crippen LogP contribution in [0.1, 0.15) is 24.5 Å². The zero-order valence-electron chi connectivity index (χ0n) is 11.9. The van der Waals surface area contributed by atoms with Gasteiger partial charge >= 0.3 is 0 Å². The predicted molar refractivity (Wildman–Crippen MR) is 81.7 cm³/mol. The minimum Gasteiger partial charge on any atom is -0.307 e. The van der Waals surface area contributed by atoms with Crippen molar-refractivity contribution in [2.75, 3.05) is 4.90 Å². The predicted octanol–water partition coefficient (Wildman–Crippen LogP) is 3.40. The first-order valence-corrected chi connectivity index (χ1v) is 6.99. The van der Waals surface area contributed by atoms with Crippen LogP contribution in [0.15, 0.2) is 54.6 Å². The average molecular weight is 276 g/mol. The third-order valence-electron chi connectivity index (χ3n) is 4.12. The summed E-state index contributed by atoms with van der Waals surface area (Å²) >= 11 is 0. The Bertz CT molecular complexity index is 717. The number of rotatable bonds is 3. The topological polar surface area (TPSA) is 44.1 Å². The van der Waals surface area contributed by atoms with E-state index in [1.807, 2.05) is 61.5 Å². The van der Waals surface area contributed by atoms with E-state index in [1.54, 1.807) is 4.90 Å². The van der Waals surface area contributed by atoms with Gasteiger partial charge in [0.2, 0.25) is 5.91 Å². The Kier molecular flexibility index (Phi) is 3.23. The molecule has 1 amide bonds. The van der Waals surface area contributed by atoms with Crippen LogP contribution in [0.5, 0.6) is 0 Å². The fourth-order valence-corrected chi connectivity index (χ4v) is 2.95. The zero-order chi connectivity index (χ0) is 14.9. The van der Waals surface area contributed by atoms with Crippen molar-refractivity contribution in [3.8, 4) is 6.07 Å².